The highest BCUT2D eigenvalue weighted by molar-refractivity contribution is 9.10. The van der Waals surface area contributed by atoms with E-state index in [4.69, 9.17) is 4.74 Å². The summed E-state index contributed by atoms with van der Waals surface area (Å²) in [4.78, 5) is 11.9. The summed E-state index contributed by atoms with van der Waals surface area (Å²) in [6.45, 7) is 2.14. The zero-order chi connectivity index (χ0) is 18.4. The van der Waals surface area contributed by atoms with Gasteiger partial charge in [-0.2, -0.15) is 0 Å². The average Bonchev–Trinajstić information content (AvgIpc) is 2.66. The van der Waals surface area contributed by atoms with Crippen LogP contribution in [0.1, 0.15) is 36.0 Å². The van der Waals surface area contributed by atoms with Crippen molar-refractivity contribution in [1.29, 1.82) is 0 Å². The van der Waals surface area contributed by atoms with E-state index >= 15 is 0 Å². The average molecular weight is 409 g/mol. The first kappa shape index (κ1) is 18.4. The molecule has 0 spiro atoms. The molecule has 0 radical (unpaired) electrons. The van der Waals surface area contributed by atoms with Crippen molar-refractivity contribution in [3.63, 3.8) is 0 Å². The maximum absolute atomic E-state index is 11.9. The molecule has 0 heterocycles. The molecule has 0 aliphatic rings. The molecule has 132 valence electrons. The fourth-order valence-electron chi connectivity index (χ4n) is 3.07. The van der Waals surface area contributed by atoms with Crippen LogP contribution >= 0.6 is 15.9 Å². The Kier molecular flexibility index (Phi) is 6.24. The molecule has 0 N–H and O–H groups in total. The van der Waals surface area contributed by atoms with E-state index in [2.05, 4.69) is 22.0 Å². The van der Waals surface area contributed by atoms with Crippen LogP contribution in [-0.4, -0.2) is 5.78 Å². The molecular weight excluding hydrogens is 388 g/mol. The van der Waals surface area contributed by atoms with Crippen LogP contribution in [0, 0.1) is 0 Å². The number of para-hydroxylation sites is 1. The lowest BCUT2D eigenvalue weighted by Gasteiger charge is -2.21. The Morgan fingerprint density at radius 1 is 0.885 bits per heavy atom. The summed E-state index contributed by atoms with van der Waals surface area (Å²) < 4.78 is 7.12. The fourth-order valence-corrected chi connectivity index (χ4v) is 3.63. The number of hydrogen-bond acceptors (Lipinski definition) is 2. The summed E-state index contributed by atoms with van der Waals surface area (Å²) in [5.41, 5.74) is 3.25. The van der Waals surface area contributed by atoms with Gasteiger partial charge in [-0.3, -0.25) is 4.79 Å². The van der Waals surface area contributed by atoms with E-state index in [0.717, 1.165) is 26.9 Å². The van der Waals surface area contributed by atoms with Crippen molar-refractivity contribution in [2.75, 3.05) is 0 Å². The van der Waals surface area contributed by atoms with Crippen LogP contribution in [-0.2, 0) is 11.4 Å². The number of benzene rings is 3. The maximum atomic E-state index is 11.9. The normalized spacial score (nSPS) is 11.8. The first-order valence-corrected chi connectivity index (χ1v) is 9.44. The minimum Gasteiger partial charge on any atom is -0.489 e. The molecule has 0 bridgehead atoms. The maximum Gasteiger partial charge on any atom is 0.130 e. The van der Waals surface area contributed by atoms with Gasteiger partial charge in [0.15, 0.2) is 0 Å². The second kappa shape index (κ2) is 8.81. The molecule has 0 unspecified atom stereocenters. The summed E-state index contributed by atoms with van der Waals surface area (Å²) in [6.07, 6.45) is 0.439. The van der Waals surface area contributed by atoms with Gasteiger partial charge in [-0.25, -0.2) is 0 Å². The monoisotopic (exact) mass is 408 g/mol. The number of rotatable bonds is 7. The SMILES string of the molecule is CC(=O)C[C@H](c1ccccc1Br)c1ccccc1OCc1ccccc1. The molecule has 26 heavy (non-hydrogen) atoms. The molecule has 3 aromatic carbocycles. The second-order valence-corrected chi connectivity index (χ2v) is 7.15. The zero-order valence-corrected chi connectivity index (χ0v) is 16.3. The molecule has 0 aliphatic heterocycles. The number of hydrogen-bond donors (Lipinski definition) is 0. The molecular formula is C23H21BrO2. The molecule has 0 saturated carbocycles. The van der Waals surface area contributed by atoms with Gasteiger partial charge in [0, 0.05) is 22.4 Å². The Labute approximate surface area is 163 Å². The number of Topliss-reactive ketones (excluding diaryl/α,β-unsaturated/α-hetero) is 1. The topological polar surface area (TPSA) is 26.3 Å². The largest absolute Gasteiger partial charge is 0.489 e. The fraction of sp³-hybridized carbons (Fsp3) is 0.174. The highest BCUT2D eigenvalue weighted by Crippen LogP contribution is 2.38. The van der Waals surface area contributed by atoms with Crippen LogP contribution in [0.3, 0.4) is 0 Å². The van der Waals surface area contributed by atoms with Gasteiger partial charge in [0.2, 0.25) is 0 Å². The van der Waals surface area contributed by atoms with Crippen LogP contribution < -0.4 is 4.74 Å². The van der Waals surface area contributed by atoms with Crippen molar-refractivity contribution in [1.82, 2.24) is 0 Å². The number of carbonyl (C=O) groups excluding carboxylic acids is 1. The summed E-state index contributed by atoms with van der Waals surface area (Å²) in [5, 5.41) is 0. The second-order valence-electron chi connectivity index (χ2n) is 6.29. The van der Waals surface area contributed by atoms with Crippen molar-refractivity contribution in [3.8, 4) is 5.75 Å². The van der Waals surface area contributed by atoms with E-state index in [1.807, 2.05) is 72.8 Å². The van der Waals surface area contributed by atoms with E-state index in [1.165, 1.54) is 0 Å². The van der Waals surface area contributed by atoms with E-state index in [9.17, 15) is 4.79 Å². The Morgan fingerprint density at radius 3 is 2.19 bits per heavy atom. The molecule has 0 saturated heterocycles. The molecule has 3 heteroatoms. The smallest absolute Gasteiger partial charge is 0.130 e. The Balaban J connectivity index is 1.94. The van der Waals surface area contributed by atoms with Gasteiger partial charge in [0.1, 0.15) is 18.1 Å². The minimum atomic E-state index is -0.0463. The summed E-state index contributed by atoms with van der Waals surface area (Å²) in [7, 11) is 0. The zero-order valence-electron chi connectivity index (χ0n) is 14.7. The summed E-state index contributed by atoms with van der Waals surface area (Å²) in [6, 6.07) is 26.1. The molecule has 3 rings (SSSR count). The minimum absolute atomic E-state index is 0.0463. The Morgan fingerprint density at radius 2 is 1.50 bits per heavy atom. The molecule has 1 atom stereocenters. The first-order chi connectivity index (χ1) is 12.6. The molecule has 0 fully saturated rings. The molecule has 0 amide bonds. The molecule has 0 aliphatic carbocycles. The third kappa shape index (κ3) is 4.61. The van der Waals surface area contributed by atoms with Gasteiger partial charge in [0.25, 0.3) is 0 Å². The van der Waals surface area contributed by atoms with E-state index in [1.54, 1.807) is 6.92 Å². The Bertz CT molecular complexity index is 874. The number of ketones is 1. The molecule has 3 aromatic rings. The highest BCUT2D eigenvalue weighted by Gasteiger charge is 2.22. The van der Waals surface area contributed by atoms with Gasteiger partial charge in [0.05, 0.1) is 0 Å². The predicted molar refractivity (Wildman–Crippen MR) is 108 cm³/mol. The van der Waals surface area contributed by atoms with Crippen molar-refractivity contribution in [2.24, 2.45) is 0 Å². The van der Waals surface area contributed by atoms with E-state index < -0.39 is 0 Å². The van der Waals surface area contributed by atoms with Crippen molar-refractivity contribution in [2.45, 2.75) is 25.9 Å². The van der Waals surface area contributed by atoms with Crippen LogP contribution in [0.15, 0.2) is 83.3 Å². The third-order valence-corrected chi connectivity index (χ3v) is 5.03. The number of halogens is 1. The van der Waals surface area contributed by atoms with Crippen LogP contribution in [0.4, 0.5) is 0 Å². The highest BCUT2D eigenvalue weighted by atomic mass is 79.9. The Hall–Kier alpha value is -2.39. The van der Waals surface area contributed by atoms with Gasteiger partial charge in [-0.05, 0) is 30.2 Å². The van der Waals surface area contributed by atoms with Crippen LogP contribution in [0.2, 0.25) is 0 Å². The van der Waals surface area contributed by atoms with Crippen LogP contribution in [0.25, 0.3) is 0 Å². The molecule has 2 nitrogen and oxygen atoms in total. The van der Waals surface area contributed by atoms with Gasteiger partial charge in [-0.15, -0.1) is 0 Å². The van der Waals surface area contributed by atoms with E-state index in [-0.39, 0.29) is 11.7 Å². The number of carbonyl (C=O) groups is 1. The lowest BCUT2D eigenvalue weighted by Crippen LogP contribution is -2.09. The lowest BCUT2D eigenvalue weighted by atomic mass is 9.87. The first-order valence-electron chi connectivity index (χ1n) is 8.64. The van der Waals surface area contributed by atoms with Crippen LogP contribution in [0.5, 0.6) is 5.75 Å². The molecule has 0 aromatic heterocycles. The standard InChI is InChI=1S/C23H21BrO2/c1-17(25)15-21(19-11-5-7-13-22(19)24)20-12-6-8-14-23(20)26-16-18-9-3-2-4-10-18/h2-14,21H,15-16H2,1H3/t21-/m1/s1. The quantitative estimate of drug-likeness (QED) is 0.469. The van der Waals surface area contributed by atoms with Gasteiger partial charge < -0.3 is 4.74 Å². The lowest BCUT2D eigenvalue weighted by molar-refractivity contribution is -0.117. The third-order valence-electron chi connectivity index (χ3n) is 4.30. The predicted octanol–water partition coefficient (Wildman–Crippen LogP) is 6.14. The summed E-state index contributed by atoms with van der Waals surface area (Å²) in [5.74, 6) is 0.928. The van der Waals surface area contributed by atoms with Gasteiger partial charge in [-0.1, -0.05) is 82.7 Å². The summed E-state index contributed by atoms with van der Waals surface area (Å²) >= 11 is 3.63. The van der Waals surface area contributed by atoms with Crippen molar-refractivity contribution >= 4 is 21.7 Å². The van der Waals surface area contributed by atoms with Crippen molar-refractivity contribution < 1.29 is 9.53 Å². The van der Waals surface area contributed by atoms with E-state index in [0.29, 0.717) is 13.0 Å². The number of ether oxygens (including phenoxy) is 1. The van der Waals surface area contributed by atoms with Gasteiger partial charge >= 0.3 is 0 Å². The van der Waals surface area contributed by atoms with Crippen molar-refractivity contribution in [3.05, 3.63) is 100 Å².